The highest BCUT2D eigenvalue weighted by atomic mass is 15.2. The van der Waals surface area contributed by atoms with Crippen LogP contribution in [0.2, 0.25) is 0 Å². The molecule has 11 aromatic carbocycles. The maximum absolute atomic E-state index is 2.51. The maximum Gasteiger partial charge on any atom is 0.131 e. The van der Waals surface area contributed by atoms with Crippen molar-refractivity contribution in [2.24, 2.45) is 0 Å². The predicted octanol–water partition coefficient (Wildman–Crippen LogP) is 18.5. The van der Waals surface area contributed by atoms with Crippen molar-refractivity contribution in [2.75, 3.05) is 0 Å². The zero-order valence-corrected chi connectivity index (χ0v) is 42.2. The molecule has 0 atom stereocenters. The standard InChI is InChI=1S/C72H46N6/c1-4-22-49(23-5-1)73-61-34-16-10-28-55(61)67-58-31-13-19-37-64(58)76(70(67)73)52-42-40-47(41-43-52)48-44-53(77-65-38-20-14-32-59(65)68-56-29-11-17-35-62(56)74(71(68)77)50-24-6-2-7-25-50)46-54(45-48)78-66-39-21-15-33-60(66)69-57-30-12-18-36-63(57)75(72(69)78)51-26-8-3-9-27-51/h1-46H. The highest BCUT2D eigenvalue weighted by Gasteiger charge is 2.27. The minimum absolute atomic E-state index is 1.07. The Bertz CT molecular complexity index is 5030. The molecule has 0 bridgehead atoms. The summed E-state index contributed by atoms with van der Waals surface area (Å²) >= 11 is 0. The van der Waals surface area contributed by atoms with Gasteiger partial charge in [0.15, 0.2) is 0 Å². The summed E-state index contributed by atoms with van der Waals surface area (Å²) in [5.74, 6) is 0. The lowest BCUT2D eigenvalue weighted by atomic mass is 10.0. The Labute approximate surface area is 447 Å². The summed E-state index contributed by atoms with van der Waals surface area (Å²) in [7, 11) is 0. The van der Waals surface area contributed by atoms with Crippen molar-refractivity contribution in [2.45, 2.75) is 0 Å². The Balaban J connectivity index is 0.972. The second-order valence-corrected chi connectivity index (χ2v) is 20.5. The van der Waals surface area contributed by atoms with E-state index in [1.54, 1.807) is 0 Å². The van der Waals surface area contributed by atoms with Gasteiger partial charge in [-0.1, -0.05) is 176 Å². The summed E-state index contributed by atoms with van der Waals surface area (Å²) in [6.45, 7) is 0. The zero-order valence-electron chi connectivity index (χ0n) is 42.2. The molecule has 0 N–H and O–H groups in total. The average molecular weight is 995 g/mol. The Hall–Kier alpha value is -10.6. The Kier molecular flexibility index (Phi) is 9.03. The average Bonchev–Trinajstić information content (AvgIpc) is 4.43. The molecule has 0 saturated heterocycles. The maximum atomic E-state index is 2.51. The molecule has 364 valence electrons. The van der Waals surface area contributed by atoms with E-state index < -0.39 is 0 Å². The number of hydrogen-bond acceptors (Lipinski definition) is 0. The molecule has 0 aliphatic rings. The van der Waals surface area contributed by atoms with Crippen LogP contribution in [0, 0.1) is 0 Å². The molecule has 0 unspecified atom stereocenters. The van der Waals surface area contributed by atoms with Gasteiger partial charge in [0, 0.05) is 71.2 Å². The normalized spacial score (nSPS) is 12.1. The van der Waals surface area contributed by atoms with Crippen LogP contribution in [0.4, 0.5) is 0 Å². The van der Waals surface area contributed by atoms with Crippen molar-refractivity contribution < 1.29 is 0 Å². The lowest BCUT2D eigenvalue weighted by Crippen LogP contribution is -2.05. The molecule has 0 radical (unpaired) electrons. The molecule has 0 amide bonds. The monoisotopic (exact) mass is 994 g/mol. The second kappa shape index (κ2) is 16.5. The number of fused-ring (bicyclic) bond motifs is 15. The number of aromatic nitrogens is 6. The summed E-state index contributed by atoms with van der Waals surface area (Å²) in [6, 6.07) is 102. The third kappa shape index (κ3) is 5.96. The van der Waals surface area contributed by atoms with Crippen molar-refractivity contribution in [1.29, 1.82) is 0 Å². The summed E-state index contributed by atoms with van der Waals surface area (Å²) in [5, 5.41) is 11.1. The fraction of sp³-hybridized carbons (Fsp3) is 0. The van der Waals surface area contributed by atoms with Crippen molar-refractivity contribution in [3.63, 3.8) is 0 Å². The lowest BCUT2D eigenvalue weighted by molar-refractivity contribution is 1.05. The highest BCUT2D eigenvalue weighted by Crippen LogP contribution is 2.46. The first-order chi connectivity index (χ1) is 38.8. The van der Waals surface area contributed by atoms with Gasteiger partial charge in [0.1, 0.15) is 16.9 Å². The fourth-order valence-electron chi connectivity index (χ4n) is 13.2. The van der Waals surface area contributed by atoms with Crippen molar-refractivity contribution in [3.05, 3.63) is 279 Å². The van der Waals surface area contributed by atoms with Gasteiger partial charge in [0.25, 0.3) is 0 Å². The molecule has 17 aromatic rings. The SMILES string of the molecule is c1ccc(-n2c3ccccc3c3c4ccccc4n(-c4ccc(-c5cc(-n6c7ccccc7c7c8ccccc8n(-c8ccccc8)c76)cc(-n6c7ccccc7c7c8ccccc8n(-c8ccccc8)c76)c5)cc4)c32)cc1. The fourth-order valence-corrected chi connectivity index (χ4v) is 13.2. The zero-order chi connectivity index (χ0) is 51.0. The van der Waals surface area contributed by atoms with Gasteiger partial charge in [-0.2, -0.15) is 0 Å². The number of benzene rings is 11. The van der Waals surface area contributed by atoms with Gasteiger partial charge in [-0.15, -0.1) is 0 Å². The lowest BCUT2D eigenvalue weighted by Gasteiger charge is -2.18. The Morgan fingerprint density at radius 3 is 0.679 bits per heavy atom. The predicted molar refractivity (Wildman–Crippen MR) is 325 cm³/mol. The van der Waals surface area contributed by atoms with Crippen molar-refractivity contribution >= 4 is 98.5 Å². The van der Waals surface area contributed by atoms with E-state index in [1.807, 2.05) is 0 Å². The first kappa shape index (κ1) is 42.8. The highest BCUT2D eigenvalue weighted by molar-refractivity contribution is 6.25. The quantitative estimate of drug-likeness (QED) is 0.152. The van der Waals surface area contributed by atoms with E-state index in [0.29, 0.717) is 0 Å². The van der Waals surface area contributed by atoms with Gasteiger partial charge < -0.3 is 0 Å². The molecule has 0 spiro atoms. The number of para-hydroxylation sites is 9. The van der Waals surface area contributed by atoms with E-state index in [2.05, 4.69) is 306 Å². The van der Waals surface area contributed by atoms with E-state index in [-0.39, 0.29) is 0 Å². The molecule has 78 heavy (non-hydrogen) atoms. The van der Waals surface area contributed by atoms with Crippen molar-refractivity contribution in [3.8, 4) is 45.3 Å². The largest absolute Gasteiger partial charge is 0.295 e. The first-order valence-corrected chi connectivity index (χ1v) is 26.8. The van der Waals surface area contributed by atoms with Gasteiger partial charge in [0.05, 0.1) is 44.5 Å². The molecule has 17 rings (SSSR count). The van der Waals surface area contributed by atoms with Crippen LogP contribution in [0.15, 0.2) is 279 Å². The third-order valence-electron chi connectivity index (χ3n) is 16.3. The van der Waals surface area contributed by atoms with Crippen LogP contribution in [0.25, 0.3) is 144 Å². The molecule has 0 saturated carbocycles. The van der Waals surface area contributed by atoms with Crippen molar-refractivity contribution in [1.82, 2.24) is 27.4 Å². The number of rotatable bonds is 7. The van der Waals surface area contributed by atoms with Gasteiger partial charge in [-0.3, -0.25) is 27.4 Å². The molecule has 0 aliphatic carbocycles. The van der Waals surface area contributed by atoms with Crippen LogP contribution < -0.4 is 0 Å². The number of nitrogens with zero attached hydrogens (tertiary/aromatic N) is 6. The second-order valence-electron chi connectivity index (χ2n) is 20.5. The van der Waals surface area contributed by atoms with Crippen LogP contribution in [0.1, 0.15) is 0 Å². The van der Waals surface area contributed by atoms with Gasteiger partial charge in [0.2, 0.25) is 0 Å². The van der Waals surface area contributed by atoms with Crippen LogP contribution in [-0.2, 0) is 0 Å². The summed E-state index contributed by atoms with van der Waals surface area (Å²) in [5.41, 5.74) is 19.2. The van der Waals surface area contributed by atoms with Gasteiger partial charge in [-0.25, -0.2) is 0 Å². The minimum atomic E-state index is 1.07. The third-order valence-corrected chi connectivity index (χ3v) is 16.3. The van der Waals surface area contributed by atoms with E-state index in [9.17, 15) is 0 Å². The van der Waals surface area contributed by atoms with E-state index >= 15 is 0 Å². The van der Waals surface area contributed by atoms with Gasteiger partial charge in [-0.05, 0) is 114 Å². The summed E-state index contributed by atoms with van der Waals surface area (Å²) in [4.78, 5) is 0. The minimum Gasteiger partial charge on any atom is -0.295 e. The summed E-state index contributed by atoms with van der Waals surface area (Å²) in [6.07, 6.45) is 0. The van der Waals surface area contributed by atoms with Crippen LogP contribution >= 0.6 is 0 Å². The topological polar surface area (TPSA) is 29.6 Å². The van der Waals surface area contributed by atoms with E-state index in [4.69, 9.17) is 0 Å². The smallest absolute Gasteiger partial charge is 0.131 e. The molecular formula is C72H46N6. The van der Waals surface area contributed by atoms with Crippen LogP contribution in [0.5, 0.6) is 0 Å². The molecule has 6 heteroatoms. The van der Waals surface area contributed by atoms with E-state index in [0.717, 1.165) is 73.2 Å². The molecular weight excluding hydrogens is 949 g/mol. The Morgan fingerprint density at radius 1 is 0.167 bits per heavy atom. The molecule has 6 heterocycles. The first-order valence-electron chi connectivity index (χ1n) is 26.8. The van der Waals surface area contributed by atoms with Crippen LogP contribution in [0.3, 0.4) is 0 Å². The van der Waals surface area contributed by atoms with E-state index in [1.165, 1.54) is 70.5 Å². The molecule has 0 fully saturated rings. The summed E-state index contributed by atoms with van der Waals surface area (Å²) < 4.78 is 14.8. The molecule has 6 aromatic heterocycles. The van der Waals surface area contributed by atoms with Crippen LogP contribution in [-0.4, -0.2) is 27.4 Å². The number of hydrogen-bond donors (Lipinski definition) is 0. The molecule has 0 aliphatic heterocycles. The molecule has 6 nitrogen and oxygen atoms in total. The van der Waals surface area contributed by atoms with Gasteiger partial charge >= 0.3 is 0 Å². The Morgan fingerprint density at radius 2 is 0.397 bits per heavy atom.